The molecule has 1 aliphatic carbocycles. The molecule has 1 heterocycles. The Balaban J connectivity index is 1.98. The molecule has 1 aliphatic heterocycles. The normalized spacial score (nSPS) is 34.3. The monoisotopic (exact) mass is 205 g/mol. The molecule has 0 unspecified atom stereocenters. The molecule has 1 amide bonds. The van der Waals surface area contributed by atoms with Crippen LogP contribution in [0.25, 0.3) is 0 Å². The molecule has 1 spiro atoms. The van der Waals surface area contributed by atoms with E-state index in [9.17, 15) is 4.79 Å². The molecule has 1 saturated heterocycles. The van der Waals surface area contributed by atoms with Gasteiger partial charge in [0.25, 0.3) is 5.91 Å². The summed E-state index contributed by atoms with van der Waals surface area (Å²) in [7, 11) is 0. The molecule has 0 N–H and O–H groups in total. The van der Waals surface area contributed by atoms with E-state index in [1.54, 1.807) is 6.92 Å². The fourth-order valence-corrected chi connectivity index (χ4v) is 3.32. The summed E-state index contributed by atoms with van der Waals surface area (Å²) in [6.07, 6.45) is 5.07. The molecule has 0 aromatic rings. The number of carbonyl (C=O) groups is 1. The Morgan fingerprint density at radius 1 is 1.47 bits per heavy atom. The number of rotatable bonds is 0. The van der Waals surface area contributed by atoms with E-state index < -0.39 is 0 Å². The zero-order valence-electron chi connectivity index (χ0n) is 9.68. The van der Waals surface area contributed by atoms with Gasteiger partial charge in [0.05, 0.1) is 0 Å². The Morgan fingerprint density at radius 3 is 2.80 bits per heavy atom. The number of carbonyl (C=O) groups excluding carboxylic acids is 1. The van der Waals surface area contributed by atoms with Gasteiger partial charge in [0.2, 0.25) is 0 Å². The minimum Gasteiger partial charge on any atom is -0.331 e. The lowest BCUT2D eigenvalue weighted by Gasteiger charge is -2.52. The van der Waals surface area contributed by atoms with Crippen molar-refractivity contribution in [3.63, 3.8) is 0 Å². The summed E-state index contributed by atoms with van der Waals surface area (Å²) >= 11 is 0. The lowest BCUT2D eigenvalue weighted by Crippen LogP contribution is -2.51. The minimum atomic E-state index is 0.0242. The average molecular weight is 205 g/mol. The highest BCUT2D eigenvalue weighted by Crippen LogP contribution is 2.50. The van der Waals surface area contributed by atoms with E-state index in [0.29, 0.717) is 5.41 Å². The average Bonchev–Trinajstić information content (AvgIpc) is 2.16. The van der Waals surface area contributed by atoms with Crippen molar-refractivity contribution >= 4 is 5.91 Å². The van der Waals surface area contributed by atoms with Gasteiger partial charge < -0.3 is 4.90 Å². The van der Waals surface area contributed by atoms with E-state index in [4.69, 9.17) is 0 Å². The lowest BCUT2D eigenvalue weighted by atomic mass is 9.59. The highest BCUT2D eigenvalue weighted by molar-refractivity contribution is 5.93. The van der Waals surface area contributed by atoms with Gasteiger partial charge in [-0.3, -0.25) is 4.79 Å². The molecule has 2 heteroatoms. The maximum Gasteiger partial charge on any atom is 0.298 e. The maximum absolute atomic E-state index is 11.7. The third kappa shape index (κ3) is 2.02. The van der Waals surface area contributed by atoms with Crippen molar-refractivity contribution in [1.29, 1.82) is 0 Å². The van der Waals surface area contributed by atoms with Gasteiger partial charge in [-0.2, -0.15) is 0 Å². The van der Waals surface area contributed by atoms with Gasteiger partial charge in [0.15, 0.2) is 0 Å². The van der Waals surface area contributed by atoms with E-state index >= 15 is 0 Å². The molecule has 15 heavy (non-hydrogen) atoms. The molecule has 2 nitrogen and oxygen atoms in total. The SMILES string of the molecule is CC#CC(=O)N1CCCC2(CC(C)C2)C1. The summed E-state index contributed by atoms with van der Waals surface area (Å²) in [5, 5.41) is 0. The Morgan fingerprint density at radius 2 is 2.20 bits per heavy atom. The number of amides is 1. The van der Waals surface area contributed by atoms with Gasteiger partial charge >= 0.3 is 0 Å². The van der Waals surface area contributed by atoms with E-state index in [2.05, 4.69) is 18.8 Å². The molecule has 2 rings (SSSR count). The fraction of sp³-hybridized carbons (Fsp3) is 0.769. The van der Waals surface area contributed by atoms with Crippen molar-refractivity contribution in [1.82, 2.24) is 4.90 Å². The molecular formula is C13H19NO. The van der Waals surface area contributed by atoms with Gasteiger partial charge in [-0.25, -0.2) is 0 Å². The summed E-state index contributed by atoms with van der Waals surface area (Å²) in [6.45, 7) is 5.88. The third-order valence-corrected chi connectivity index (χ3v) is 3.74. The molecule has 82 valence electrons. The van der Waals surface area contributed by atoms with Crippen LogP contribution in [-0.4, -0.2) is 23.9 Å². The second-order valence-electron chi connectivity index (χ2n) is 5.22. The van der Waals surface area contributed by atoms with Gasteiger partial charge in [-0.05, 0) is 49.9 Å². The van der Waals surface area contributed by atoms with Crippen LogP contribution in [0.2, 0.25) is 0 Å². The minimum absolute atomic E-state index is 0.0242. The molecular weight excluding hydrogens is 186 g/mol. The van der Waals surface area contributed by atoms with Gasteiger partial charge in [-0.15, -0.1) is 0 Å². The third-order valence-electron chi connectivity index (χ3n) is 3.74. The van der Waals surface area contributed by atoms with E-state index in [-0.39, 0.29) is 5.91 Å². The van der Waals surface area contributed by atoms with Gasteiger partial charge in [0, 0.05) is 13.1 Å². The molecule has 1 saturated carbocycles. The highest BCUT2D eigenvalue weighted by atomic mass is 16.2. The van der Waals surface area contributed by atoms with Crippen LogP contribution in [0, 0.1) is 23.2 Å². The second-order valence-corrected chi connectivity index (χ2v) is 5.22. The Kier molecular flexibility index (Phi) is 2.73. The van der Waals surface area contributed by atoms with Crippen LogP contribution in [0.5, 0.6) is 0 Å². The topological polar surface area (TPSA) is 20.3 Å². The second kappa shape index (κ2) is 3.89. The summed E-state index contributed by atoms with van der Waals surface area (Å²) in [4.78, 5) is 13.6. The summed E-state index contributed by atoms with van der Waals surface area (Å²) in [6, 6.07) is 0. The van der Waals surface area contributed by atoms with Crippen LogP contribution in [0.4, 0.5) is 0 Å². The first-order valence-corrected chi connectivity index (χ1v) is 5.87. The molecule has 2 fully saturated rings. The van der Waals surface area contributed by atoms with Gasteiger partial charge in [0.1, 0.15) is 0 Å². The van der Waals surface area contributed by atoms with Crippen molar-refractivity contribution in [2.24, 2.45) is 11.3 Å². The van der Waals surface area contributed by atoms with Crippen molar-refractivity contribution in [3.8, 4) is 11.8 Å². The van der Waals surface area contributed by atoms with E-state index in [1.807, 2.05) is 4.90 Å². The molecule has 0 atom stereocenters. The number of nitrogens with zero attached hydrogens (tertiary/aromatic N) is 1. The maximum atomic E-state index is 11.7. The van der Waals surface area contributed by atoms with Crippen LogP contribution in [0.3, 0.4) is 0 Å². The standard InChI is InChI=1S/C13H19NO/c1-3-5-12(15)14-7-4-6-13(10-14)8-11(2)9-13/h11H,4,6-10H2,1-2H3. The number of piperidine rings is 1. The van der Waals surface area contributed by atoms with Crippen molar-refractivity contribution in [3.05, 3.63) is 0 Å². The van der Waals surface area contributed by atoms with Crippen LogP contribution >= 0.6 is 0 Å². The Bertz CT molecular complexity index is 312. The molecule has 0 bridgehead atoms. The Labute approximate surface area is 92.0 Å². The molecule has 0 aromatic heterocycles. The first-order chi connectivity index (χ1) is 7.15. The number of hydrogen-bond acceptors (Lipinski definition) is 1. The lowest BCUT2D eigenvalue weighted by molar-refractivity contribution is -0.131. The summed E-state index contributed by atoms with van der Waals surface area (Å²) in [5.41, 5.74) is 0.461. The zero-order valence-corrected chi connectivity index (χ0v) is 9.68. The number of hydrogen-bond donors (Lipinski definition) is 0. The van der Waals surface area contributed by atoms with Crippen molar-refractivity contribution in [2.75, 3.05) is 13.1 Å². The largest absolute Gasteiger partial charge is 0.331 e. The molecule has 0 radical (unpaired) electrons. The first kappa shape index (κ1) is 10.5. The first-order valence-electron chi connectivity index (χ1n) is 5.87. The summed E-state index contributed by atoms with van der Waals surface area (Å²) < 4.78 is 0. The fourth-order valence-electron chi connectivity index (χ4n) is 3.32. The zero-order chi connectivity index (χ0) is 10.9. The van der Waals surface area contributed by atoms with Gasteiger partial charge in [-0.1, -0.05) is 12.8 Å². The van der Waals surface area contributed by atoms with Crippen LogP contribution < -0.4 is 0 Å². The predicted octanol–water partition coefficient (Wildman–Crippen LogP) is 2.05. The predicted molar refractivity (Wildman–Crippen MR) is 60.1 cm³/mol. The number of likely N-dealkylation sites (tertiary alicyclic amines) is 1. The highest BCUT2D eigenvalue weighted by Gasteiger charge is 2.45. The molecule has 0 aromatic carbocycles. The van der Waals surface area contributed by atoms with Crippen LogP contribution in [0.15, 0.2) is 0 Å². The van der Waals surface area contributed by atoms with E-state index in [1.165, 1.54) is 19.3 Å². The van der Waals surface area contributed by atoms with Crippen LogP contribution in [-0.2, 0) is 4.79 Å². The molecule has 2 aliphatic rings. The summed E-state index contributed by atoms with van der Waals surface area (Å²) in [5.74, 6) is 6.23. The van der Waals surface area contributed by atoms with E-state index in [0.717, 1.165) is 25.4 Å². The van der Waals surface area contributed by atoms with Crippen molar-refractivity contribution < 1.29 is 4.79 Å². The quantitative estimate of drug-likeness (QED) is 0.554. The van der Waals surface area contributed by atoms with Crippen LogP contribution in [0.1, 0.15) is 39.5 Å². The smallest absolute Gasteiger partial charge is 0.298 e. The van der Waals surface area contributed by atoms with Crippen molar-refractivity contribution in [2.45, 2.75) is 39.5 Å². The Hall–Kier alpha value is -0.970.